The van der Waals surface area contributed by atoms with Crippen LogP contribution >= 0.6 is 0 Å². The van der Waals surface area contributed by atoms with Crippen LogP contribution in [0.5, 0.6) is 0 Å². The van der Waals surface area contributed by atoms with Crippen molar-refractivity contribution in [3.05, 3.63) is 24.3 Å². The van der Waals surface area contributed by atoms with Crippen LogP contribution in [0, 0.1) is 0 Å². The molecule has 0 aromatic heterocycles. The van der Waals surface area contributed by atoms with E-state index in [9.17, 15) is 9.59 Å². The third-order valence-corrected chi connectivity index (χ3v) is 9.28. The first kappa shape index (κ1) is 46.3. The predicted molar refractivity (Wildman–Crippen MR) is 210 cm³/mol. The van der Waals surface area contributed by atoms with E-state index in [0.29, 0.717) is 32.5 Å². The van der Waals surface area contributed by atoms with Crippen molar-refractivity contribution in [2.45, 2.75) is 194 Å². The number of amides is 2. The van der Waals surface area contributed by atoms with Crippen LogP contribution in [0.2, 0.25) is 0 Å². The van der Waals surface area contributed by atoms with Gasteiger partial charge in [-0.1, -0.05) is 141 Å². The Balaban J connectivity index is 3.63. The van der Waals surface area contributed by atoms with E-state index in [1.54, 1.807) is 0 Å². The van der Waals surface area contributed by atoms with E-state index < -0.39 is 0 Å². The molecule has 4 N–H and O–H groups in total. The highest BCUT2D eigenvalue weighted by molar-refractivity contribution is 5.76. The minimum atomic E-state index is 0.147. The van der Waals surface area contributed by atoms with E-state index in [2.05, 4.69) is 53.7 Å². The second-order valence-electron chi connectivity index (χ2n) is 14.0. The molecule has 6 heteroatoms. The third kappa shape index (κ3) is 37.2. The largest absolute Gasteiger partial charge is 0.355 e. The maximum Gasteiger partial charge on any atom is 0.220 e. The minimum Gasteiger partial charge on any atom is -0.355 e. The number of hydrogen-bond acceptors (Lipinski definition) is 4. The molecule has 0 rings (SSSR count). The molecule has 0 fully saturated rings. The zero-order valence-electron chi connectivity index (χ0n) is 32.2. The summed E-state index contributed by atoms with van der Waals surface area (Å²) in [5, 5.41) is 6.14. The molecular weight excluding hydrogens is 592 g/mol. The minimum absolute atomic E-state index is 0.147. The maximum absolute atomic E-state index is 12.3. The fraction of sp³-hybridized carbons (Fsp3) is 0.857. The molecule has 2 amide bonds. The van der Waals surface area contributed by atoms with Crippen LogP contribution in [0.4, 0.5) is 0 Å². The number of carbonyl (C=O) groups is 2. The molecule has 48 heavy (non-hydrogen) atoms. The fourth-order valence-corrected chi connectivity index (χ4v) is 6.11. The van der Waals surface area contributed by atoms with Crippen molar-refractivity contribution in [2.24, 2.45) is 5.73 Å². The van der Waals surface area contributed by atoms with Gasteiger partial charge >= 0.3 is 0 Å². The lowest BCUT2D eigenvalue weighted by Gasteiger charge is -2.22. The summed E-state index contributed by atoms with van der Waals surface area (Å²) in [6, 6.07) is 0. The first-order valence-electron chi connectivity index (χ1n) is 20.9. The van der Waals surface area contributed by atoms with Gasteiger partial charge in [0.25, 0.3) is 0 Å². The van der Waals surface area contributed by atoms with Crippen molar-refractivity contribution in [3.63, 3.8) is 0 Å². The van der Waals surface area contributed by atoms with E-state index >= 15 is 0 Å². The van der Waals surface area contributed by atoms with Crippen molar-refractivity contribution in [1.82, 2.24) is 15.5 Å². The Hall–Kier alpha value is -1.66. The SMILES string of the molecule is CCCCCCCC/C=C\CCCCCCCC(=O)NCCN(CCN)CCNC(=O)CCCCCCC/C=C\CCCCCCCC. The summed E-state index contributed by atoms with van der Waals surface area (Å²) < 4.78 is 0. The van der Waals surface area contributed by atoms with E-state index in [-0.39, 0.29) is 11.8 Å². The summed E-state index contributed by atoms with van der Waals surface area (Å²) in [7, 11) is 0. The summed E-state index contributed by atoms with van der Waals surface area (Å²) in [4.78, 5) is 26.8. The molecule has 0 aliphatic carbocycles. The normalized spacial score (nSPS) is 11.8. The number of allylic oxidation sites excluding steroid dienone is 4. The number of nitrogens with two attached hydrogens (primary N) is 1. The van der Waals surface area contributed by atoms with Crippen molar-refractivity contribution in [1.29, 1.82) is 0 Å². The van der Waals surface area contributed by atoms with Gasteiger partial charge in [0.15, 0.2) is 0 Å². The number of hydrogen-bond donors (Lipinski definition) is 3. The van der Waals surface area contributed by atoms with Crippen molar-refractivity contribution in [2.75, 3.05) is 39.3 Å². The van der Waals surface area contributed by atoms with Gasteiger partial charge in [-0.15, -0.1) is 0 Å². The molecule has 0 aromatic carbocycles. The average Bonchev–Trinajstić information content (AvgIpc) is 3.08. The summed E-state index contributed by atoms with van der Waals surface area (Å²) in [6.07, 6.45) is 43.6. The van der Waals surface area contributed by atoms with E-state index in [1.807, 2.05) is 0 Å². The monoisotopic (exact) mass is 675 g/mol. The Morgan fingerprint density at radius 1 is 0.458 bits per heavy atom. The van der Waals surface area contributed by atoms with Gasteiger partial charge in [-0.05, 0) is 64.2 Å². The Morgan fingerprint density at radius 2 is 0.771 bits per heavy atom. The topological polar surface area (TPSA) is 87.5 Å². The van der Waals surface area contributed by atoms with Crippen molar-refractivity contribution < 1.29 is 9.59 Å². The van der Waals surface area contributed by atoms with Crippen LogP contribution in [0.3, 0.4) is 0 Å². The van der Waals surface area contributed by atoms with Crippen LogP contribution in [-0.2, 0) is 9.59 Å². The first-order chi connectivity index (χ1) is 23.6. The first-order valence-corrected chi connectivity index (χ1v) is 20.9. The highest BCUT2D eigenvalue weighted by Crippen LogP contribution is 2.11. The quantitative estimate of drug-likeness (QED) is 0.0449. The summed E-state index contributed by atoms with van der Waals surface area (Å²) in [5.74, 6) is 0.294. The lowest BCUT2D eigenvalue weighted by Crippen LogP contribution is -2.41. The molecule has 0 bridgehead atoms. The number of rotatable bonds is 38. The second-order valence-corrected chi connectivity index (χ2v) is 14.0. The van der Waals surface area contributed by atoms with Gasteiger partial charge < -0.3 is 16.4 Å². The van der Waals surface area contributed by atoms with Gasteiger partial charge in [-0.3, -0.25) is 14.5 Å². The molecule has 0 heterocycles. The summed E-state index contributed by atoms with van der Waals surface area (Å²) in [5.41, 5.74) is 5.81. The average molecular weight is 675 g/mol. The Bertz CT molecular complexity index is 681. The standard InChI is InChI=1S/C42H82N4O2/c1-3-5-7-9-11-13-15-17-19-21-23-25-27-29-31-33-41(47)44-36-39-46(38-35-43)40-37-45-42(48)34-32-30-28-26-24-22-20-18-16-14-12-10-8-6-4-2/h17-20H,3-16,21-40,43H2,1-2H3,(H,44,47)(H,45,48)/b19-17-,20-18-. The lowest BCUT2D eigenvalue weighted by molar-refractivity contribution is -0.121. The van der Waals surface area contributed by atoms with Crippen LogP contribution in [-0.4, -0.2) is 56.0 Å². The molecule has 0 saturated carbocycles. The van der Waals surface area contributed by atoms with Gasteiger partial charge in [0, 0.05) is 52.1 Å². The molecule has 0 aliphatic rings. The second kappa shape index (κ2) is 39.8. The van der Waals surface area contributed by atoms with Gasteiger partial charge in [0.05, 0.1) is 0 Å². The van der Waals surface area contributed by atoms with Gasteiger partial charge in [0.1, 0.15) is 0 Å². The van der Waals surface area contributed by atoms with Crippen molar-refractivity contribution >= 4 is 11.8 Å². The summed E-state index contributed by atoms with van der Waals surface area (Å²) in [6.45, 7) is 8.68. The van der Waals surface area contributed by atoms with E-state index in [0.717, 1.165) is 45.3 Å². The number of nitrogens with one attached hydrogen (secondary N) is 2. The van der Waals surface area contributed by atoms with Crippen LogP contribution in [0.25, 0.3) is 0 Å². The fourth-order valence-electron chi connectivity index (χ4n) is 6.11. The molecule has 0 radical (unpaired) electrons. The van der Waals surface area contributed by atoms with Crippen LogP contribution in [0.1, 0.15) is 194 Å². The highest BCUT2D eigenvalue weighted by atomic mass is 16.2. The van der Waals surface area contributed by atoms with Gasteiger partial charge in [-0.25, -0.2) is 0 Å². The number of carbonyl (C=O) groups excluding carboxylic acids is 2. The molecule has 6 nitrogen and oxygen atoms in total. The summed E-state index contributed by atoms with van der Waals surface area (Å²) >= 11 is 0. The van der Waals surface area contributed by atoms with Gasteiger partial charge in [-0.2, -0.15) is 0 Å². The lowest BCUT2D eigenvalue weighted by atomic mass is 10.1. The molecule has 0 atom stereocenters. The smallest absolute Gasteiger partial charge is 0.220 e. The van der Waals surface area contributed by atoms with E-state index in [4.69, 9.17) is 5.73 Å². The Kier molecular flexibility index (Phi) is 38.4. The zero-order valence-corrected chi connectivity index (χ0v) is 32.2. The number of unbranched alkanes of at least 4 members (excludes halogenated alkanes) is 22. The third-order valence-electron chi connectivity index (χ3n) is 9.28. The maximum atomic E-state index is 12.3. The molecule has 0 aliphatic heterocycles. The molecule has 0 saturated heterocycles. The molecule has 0 aromatic rings. The zero-order chi connectivity index (χ0) is 35.0. The molecule has 282 valence electrons. The molecule has 0 spiro atoms. The van der Waals surface area contributed by atoms with E-state index in [1.165, 1.54) is 141 Å². The number of nitrogens with zero attached hydrogens (tertiary/aromatic N) is 1. The predicted octanol–water partition coefficient (Wildman–Crippen LogP) is 10.6. The Labute approximate surface area is 299 Å². The van der Waals surface area contributed by atoms with Crippen LogP contribution < -0.4 is 16.4 Å². The Morgan fingerprint density at radius 3 is 1.10 bits per heavy atom. The van der Waals surface area contributed by atoms with Gasteiger partial charge in [0.2, 0.25) is 11.8 Å². The molecular formula is C42H82N4O2. The van der Waals surface area contributed by atoms with Crippen molar-refractivity contribution in [3.8, 4) is 0 Å². The van der Waals surface area contributed by atoms with Crippen LogP contribution in [0.15, 0.2) is 24.3 Å². The highest BCUT2D eigenvalue weighted by Gasteiger charge is 2.07. The molecule has 0 unspecified atom stereocenters.